The number of fused-ring (bicyclic) bond motifs is 1. The molecule has 3 aromatic heterocycles. The summed E-state index contributed by atoms with van der Waals surface area (Å²) in [5, 5.41) is 35.0. The van der Waals surface area contributed by atoms with Crippen LogP contribution in [0.5, 0.6) is 0 Å². The van der Waals surface area contributed by atoms with Crippen LogP contribution in [0.25, 0.3) is 27.2 Å². The number of hydrogen-bond acceptors (Lipinski definition) is 11. The Hall–Kier alpha value is -3.66. The van der Waals surface area contributed by atoms with Crippen molar-refractivity contribution in [2.45, 2.75) is 37.4 Å². The molecule has 15 heteroatoms. The Balaban J connectivity index is 1.41. The van der Waals surface area contributed by atoms with Crippen molar-refractivity contribution in [3.63, 3.8) is 0 Å². The zero-order valence-corrected chi connectivity index (χ0v) is 23.0. The van der Waals surface area contributed by atoms with Crippen molar-refractivity contribution in [2.75, 3.05) is 13.2 Å². The highest BCUT2D eigenvalue weighted by Gasteiger charge is 2.49. The zero-order chi connectivity index (χ0) is 28.7. The maximum atomic E-state index is 14.1. The molecule has 0 amide bonds. The Kier molecular flexibility index (Phi) is 7.59. The molecule has 0 radical (unpaired) electrons. The summed E-state index contributed by atoms with van der Waals surface area (Å²) in [4.78, 5) is 20.3. The second-order valence-corrected chi connectivity index (χ2v) is 11.0. The van der Waals surface area contributed by atoms with E-state index in [1.807, 2.05) is 25.1 Å². The molecule has 0 spiro atoms. The van der Waals surface area contributed by atoms with Crippen molar-refractivity contribution < 1.29 is 28.9 Å². The lowest BCUT2D eigenvalue weighted by Crippen LogP contribution is -2.54. The Labute approximate surface area is 240 Å². The number of nitrogens with zero attached hydrogens (tertiary/aromatic N) is 7. The van der Waals surface area contributed by atoms with Gasteiger partial charge in [0.25, 0.3) is 0 Å². The normalized spacial score (nSPS) is 22.8. The first-order chi connectivity index (χ1) is 19.9. The van der Waals surface area contributed by atoms with Gasteiger partial charge in [-0.3, -0.25) is 0 Å². The minimum absolute atomic E-state index is 0.0364. The summed E-state index contributed by atoms with van der Waals surface area (Å²) in [6.45, 7) is 1.08. The first kappa shape index (κ1) is 27.5. The van der Waals surface area contributed by atoms with Gasteiger partial charge in [-0.15, -0.1) is 16.4 Å². The molecule has 5 aromatic rings. The molecule has 1 saturated heterocycles. The van der Waals surface area contributed by atoms with E-state index in [1.54, 1.807) is 10.7 Å². The lowest BCUT2D eigenvalue weighted by Gasteiger charge is -2.43. The molecule has 0 aliphatic carbocycles. The van der Waals surface area contributed by atoms with E-state index in [0.717, 1.165) is 15.2 Å². The van der Waals surface area contributed by atoms with Crippen LogP contribution >= 0.6 is 22.9 Å². The zero-order valence-electron chi connectivity index (χ0n) is 21.4. The first-order valence-electron chi connectivity index (χ1n) is 12.5. The standard InChI is InChI=1S/C26H23ClFN7O5S/c1-13-31-18-5-3-15(9-21(18)41-13)35-26(29-12-30-35)25-24(39-7-6-36)22(23(38)20(11-37)40-25)34-10-19(32-33-34)14-2-4-16(27)17(28)8-14/h2-6,8-10,12,20,22-25,37-38H,7,11H2,1H3/t20-,22+,23+,24-,25-/m1/s1. The van der Waals surface area contributed by atoms with Crippen molar-refractivity contribution in [2.24, 2.45) is 0 Å². The van der Waals surface area contributed by atoms with E-state index < -0.39 is 42.9 Å². The molecule has 6 rings (SSSR count). The number of thiazole rings is 1. The predicted octanol–water partition coefficient (Wildman–Crippen LogP) is 2.85. The van der Waals surface area contributed by atoms with Crippen molar-refractivity contribution in [1.29, 1.82) is 0 Å². The fourth-order valence-electron chi connectivity index (χ4n) is 4.96. The molecule has 1 fully saturated rings. The molecular weight excluding hydrogens is 577 g/mol. The molecule has 2 aromatic carbocycles. The number of aliphatic hydroxyl groups is 2. The third-order valence-electron chi connectivity index (χ3n) is 6.81. The smallest absolute Gasteiger partial charge is 0.163 e. The van der Waals surface area contributed by atoms with Gasteiger partial charge < -0.3 is 24.5 Å². The summed E-state index contributed by atoms with van der Waals surface area (Å²) in [5.74, 6) is -0.305. The lowest BCUT2D eigenvalue weighted by atomic mass is 9.91. The highest BCUT2D eigenvalue weighted by molar-refractivity contribution is 7.18. The third-order valence-corrected chi connectivity index (χ3v) is 8.05. The molecule has 212 valence electrons. The predicted molar refractivity (Wildman–Crippen MR) is 145 cm³/mol. The number of carbonyl (C=O) groups is 1. The Morgan fingerprint density at radius 1 is 1.27 bits per heavy atom. The monoisotopic (exact) mass is 599 g/mol. The van der Waals surface area contributed by atoms with E-state index in [1.165, 1.54) is 40.7 Å². The van der Waals surface area contributed by atoms with E-state index >= 15 is 0 Å². The van der Waals surface area contributed by atoms with Crippen LogP contribution in [0, 0.1) is 12.7 Å². The summed E-state index contributed by atoms with van der Waals surface area (Å²) >= 11 is 7.36. The van der Waals surface area contributed by atoms with Gasteiger partial charge >= 0.3 is 0 Å². The fraction of sp³-hybridized carbons (Fsp3) is 0.308. The molecule has 0 unspecified atom stereocenters. The summed E-state index contributed by atoms with van der Waals surface area (Å²) < 4.78 is 30.0. The van der Waals surface area contributed by atoms with Crippen LogP contribution in [-0.2, 0) is 14.3 Å². The number of aldehydes is 1. The average Bonchev–Trinajstić information content (AvgIpc) is 3.72. The Morgan fingerprint density at radius 3 is 2.90 bits per heavy atom. The van der Waals surface area contributed by atoms with Gasteiger partial charge in [0.15, 0.2) is 5.82 Å². The van der Waals surface area contributed by atoms with E-state index in [4.69, 9.17) is 21.1 Å². The Bertz CT molecular complexity index is 1710. The molecule has 1 aliphatic rings. The van der Waals surface area contributed by atoms with Gasteiger partial charge in [-0.2, -0.15) is 5.10 Å². The number of aromatic nitrogens is 7. The molecule has 2 N–H and O–H groups in total. The summed E-state index contributed by atoms with van der Waals surface area (Å²) in [7, 11) is 0. The van der Waals surface area contributed by atoms with Crippen LogP contribution in [0.15, 0.2) is 48.9 Å². The van der Waals surface area contributed by atoms with Crippen molar-refractivity contribution in [1.82, 2.24) is 34.7 Å². The van der Waals surface area contributed by atoms with Gasteiger partial charge in [0.05, 0.1) is 38.7 Å². The Morgan fingerprint density at radius 2 is 2.12 bits per heavy atom. The number of benzene rings is 2. The molecule has 5 atom stereocenters. The van der Waals surface area contributed by atoms with Gasteiger partial charge in [-0.05, 0) is 37.3 Å². The lowest BCUT2D eigenvalue weighted by molar-refractivity contribution is -0.222. The van der Waals surface area contributed by atoms with E-state index in [0.29, 0.717) is 29.1 Å². The molecular formula is C26H23ClFN7O5S. The minimum atomic E-state index is -1.32. The van der Waals surface area contributed by atoms with Crippen LogP contribution in [0.2, 0.25) is 5.02 Å². The van der Waals surface area contributed by atoms with Crippen molar-refractivity contribution in [3.05, 3.63) is 70.6 Å². The van der Waals surface area contributed by atoms with Gasteiger partial charge in [0.1, 0.15) is 61.2 Å². The highest BCUT2D eigenvalue weighted by atomic mass is 35.5. The maximum absolute atomic E-state index is 14.1. The molecule has 4 heterocycles. The number of ether oxygens (including phenoxy) is 2. The number of carbonyl (C=O) groups excluding carboxylic acids is 1. The molecule has 0 bridgehead atoms. The fourth-order valence-corrected chi connectivity index (χ4v) is 5.93. The van der Waals surface area contributed by atoms with E-state index in [-0.39, 0.29) is 11.6 Å². The van der Waals surface area contributed by atoms with E-state index in [9.17, 15) is 19.4 Å². The second-order valence-electron chi connectivity index (χ2n) is 9.35. The van der Waals surface area contributed by atoms with Crippen molar-refractivity contribution >= 4 is 39.4 Å². The molecule has 41 heavy (non-hydrogen) atoms. The average molecular weight is 600 g/mol. The number of rotatable bonds is 8. The second kappa shape index (κ2) is 11.3. The van der Waals surface area contributed by atoms with Gasteiger partial charge in [0, 0.05) is 5.56 Å². The number of hydrogen-bond donors (Lipinski definition) is 2. The summed E-state index contributed by atoms with van der Waals surface area (Å²) in [5.41, 5.74) is 2.25. The third kappa shape index (κ3) is 5.14. The van der Waals surface area contributed by atoms with Crippen LogP contribution < -0.4 is 0 Å². The maximum Gasteiger partial charge on any atom is 0.163 e. The summed E-state index contributed by atoms with van der Waals surface area (Å²) in [6.07, 6.45) is -0.971. The van der Waals surface area contributed by atoms with Gasteiger partial charge in [-0.1, -0.05) is 22.9 Å². The van der Waals surface area contributed by atoms with E-state index in [2.05, 4.69) is 25.4 Å². The van der Waals surface area contributed by atoms with Crippen LogP contribution in [-0.4, -0.2) is 82.8 Å². The van der Waals surface area contributed by atoms with Crippen LogP contribution in [0.3, 0.4) is 0 Å². The largest absolute Gasteiger partial charge is 0.394 e. The van der Waals surface area contributed by atoms with Crippen LogP contribution in [0.1, 0.15) is 23.0 Å². The highest BCUT2D eigenvalue weighted by Crippen LogP contribution is 2.40. The van der Waals surface area contributed by atoms with Gasteiger partial charge in [0.2, 0.25) is 0 Å². The SMILES string of the molecule is Cc1nc2ccc(-n3ncnc3[C@@H]3O[C@H](CO)[C@H](O)[C@H](n4cc(-c5ccc(Cl)c(F)c5)nn4)[C@H]3OCC=O)cc2s1. The molecule has 0 saturated carbocycles. The van der Waals surface area contributed by atoms with Crippen LogP contribution in [0.4, 0.5) is 4.39 Å². The topological polar surface area (TPSA) is 150 Å². The minimum Gasteiger partial charge on any atom is -0.394 e. The molecule has 12 nitrogen and oxygen atoms in total. The number of halogens is 2. The number of aryl methyl sites for hydroxylation is 1. The number of aliphatic hydroxyl groups excluding tert-OH is 2. The first-order valence-corrected chi connectivity index (χ1v) is 13.7. The van der Waals surface area contributed by atoms with Crippen molar-refractivity contribution in [3.8, 4) is 16.9 Å². The quantitative estimate of drug-likeness (QED) is 0.255. The summed E-state index contributed by atoms with van der Waals surface area (Å²) in [6, 6.07) is 8.87. The molecule has 1 aliphatic heterocycles. The van der Waals surface area contributed by atoms with Gasteiger partial charge in [-0.25, -0.2) is 23.7 Å².